The average molecular weight is 637 g/mol. The van der Waals surface area contributed by atoms with Gasteiger partial charge in [0.2, 0.25) is 0 Å². The van der Waals surface area contributed by atoms with Crippen LogP contribution in [0.2, 0.25) is 0 Å². The molecule has 4 heteroatoms. The molecule has 0 fully saturated rings. The Kier molecular flexibility index (Phi) is 30.1. The third-order valence-corrected chi connectivity index (χ3v) is 7.47. The zero-order chi connectivity index (χ0) is 25.5. The van der Waals surface area contributed by atoms with E-state index in [0.717, 1.165) is 0 Å². The van der Waals surface area contributed by atoms with Gasteiger partial charge in [0.25, 0.3) is 0 Å². The fourth-order valence-electron chi connectivity index (χ4n) is 4.98. The SMILES string of the molecule is CCCC[N+](C)(CCCC)CCCC.CCCC[N+](CCCC)(CCCC)Cc1ccccc1.[Br-].[Br-]. The molecule has 0 aromatic heterocycles. The van der Waals surface area contributed by atoms with Crippen LogP contribution in [-0.2, 0) is 6.54 Å². The Labute approximate surface area is 249 Å². The molecule has 0 unspecified atom stereocenters. The normalized spacial score (nSPS) is 11.2. The highest BCUT2D eigenvalue weighted by Crippen LogP contribution is 2.20. The summed E-state index contributed by atoms with van der Waals surface area (Å²) in [5.41, 5.74) is 1.51. The van der Waals surface area contributed by atoms with Crippen molar-refractivity contribution in [2.24, 2.45) is 0 Å². The molecule has 1 rings (SSSR count). The van der Waals surface area contributed by atoms with Crippen LogP contribution in [0, 0.1) is 0 Å². The van der Waals surface area contributed by atoms with Crippen LogP contribution in [0.3, 0.4) is 0 Å². The molecule has 36 heavy (non-hydrogen) atoms. The molecule has 0 spiro atoms. The number of unbranched alkanes of at least 4 members (excludes halogenated alkanes) is 6. The Hall–Kier alpha value is 0.1000. The summed E-state index contributed by atoms with van der Waals surface area (Å²) in [6, 6.07) is 11.1. The van der Waals surface area contributed by atoms with Gasteiger partial charge in [0.05, 0.1) is 46.3 Å². The predicted molar refractivity (Wildman–Crippen MR) is 155 cm³/mol. The lowest BCUT2D eigenvalue weighted by Crippen LogP contribution is -3.00. The van der Waals surface area contributed by atoms with Gasteiger partial charge in [-0.2, -0.15) is 0 Å². The number of nitrogens with zero attached hydrogens (tertiary/aromatic N) is 2. The van der Waals surface area contributed by atoms with Gasteiger partial charge in [-0.05, 0) is 38.5 Å². The summed E-state index contributed by atoms with van der Waals surface area (Å²) in [4.78, 5) is 0. The maximum Gasteiger partial charge on any atom is 0.104 e. The van der Waals surface area contributed by atoms with Gasteiger partial charge in [-0.25, -0.2) is 0 Å². The van der Waals surface area contributed by atoms with Crippen LogP contribution in [0.25, 0.3) is 0 Å². The number of hydrogen-bond donors (Lipinski definition) is 0. The zero-order valence-electron chi connectivity index (χ0n) is 25.5. The summed E-state index contributed by atoms with van der Waals surface area (Å²) in [6.45, 7) is 23.3. The summed E-state index contributed by atoms with van der Waals surface area (Å²) in [5.74, 6) is 0. The molecule has 0 amide bonds. The van der Waals surface area contributed by atoms with Crippen molar-refractivity contribution in [1.29, 1.82) is 0 Å². The highest BCUT2D eigenvalue weighted by Gasteiger charge is 2.26. The van der Waals surface area contributed by atoms with Crippen LogP contribution in [0.5, 0.6) is 0 Å². The first-order valence-corrected chi connectivity index (χ1v) is 15.2. The number of quaternary nitrogens is 2. The molecule has 216 valence electrons. The molecule has 0 aliphatic carbocycles. The van der Waals surface area contributed by atoms with E-state index in [1.54, 1.807) is 0 Å². The molecule has 0 aliphatic rings. The average Bonchev–Trinajstić information content (AvgIpc) is 2.87. The van der Waals surface area contributed by atoms with Crippen molar-refractivity contribution in [1.82, 2.24) is 0 Å². The van der Waals surface area contributed by atoms with E-state index in [-0.39, 0.29) is 34.0 Å². The standard InChI is InChI=1S/C19H34N.C13H30N.2BrH/c1-4-7-15-20(16-8-5-2,17-9-6-3)18-19-13-11-10-12-14-19;1-5-8-11-14(4,12-9-6-2)13-10-7-3;;/h10-14H,4-9,15-18H2,1-3H3;5-13H2,1-4H3;2*1H/q2*+1;;/p-2. The molecule has 0 saturated heterocycles. The summed E-state index contributed by atoms with van der Waals surface area (Å²) < 4.78 is 2.62. The maximum atomic E-state index is 2.45. The molecule has 0 saturated carbocycles. The Morgan fingerprint density at radius 1 is 0.472 bits per heavy atom. The maximum absolute atomic E-state index is 2.45. The summed E-state index contributed by atoms with van der Waals surface area (Å²) in [5, 5.41) is 0. The molecule has 0 aliphatic heterocycles. The molecular weight excluding hydrogens is 572 g/mol. The van der Waals surface area contributed by atoms with Crippen molar-refractivity contribution < 1.29 is 42.9 Å². The molecular formula is C32H64Br2N2. The second-order valence-electron chi connectivity index (χ2n) is 11.1. The van der Waals surface area contributed by atoms with E-state index in [1.165, 1.54) is 137 Å². The van der Waals surface area contributed by atoms with Crippen molar-refractivity contribution in [2.45, 2.75) is 125 Å². The second kappa shape index (κ2) is 26.7. The molecule has 0 N–H and O–H groups in total. The van der Waals surface area contributed by atoms with Gasteiger partial charge in [-0.1, -0.05) is 110 Å². The van der Waals surface area contributed by atoms with Gasteiger partial charge in [-0.15, -0.1) is 0 Å². The van der Waals surface area contributed by atoms with E-state index in [2.05, 4.69) is 78.9 Å². The van der Waals surface area contributed by atoms with Crippen LogP contribution < -0.4 is 34.0 Å². The van der Waals surface area contributed by atoms with Gasteiger partial charge in [0.15, 0.2) is 0 Å². The number of benzene rings is 1. The highest BCUT2D eigenvalue weighted by atomic mass is 79.9. The Morgan fingerprint density at radius 3 is 1.08 bits per heavy atom. The largest absolute Gasteiger partial charge is 1.00 e. The van der Waals surface area contributed by atoms with Crippen molar-refractivity contribution in [3.05, 3.63) is 35.9 Å². The zero-order valence-corrected chi connectivity index (χ0v) is 28.6. The lowest BCUT2D eigenvalue weighted by atomic mass is 10.1. The quantitative estimate of drug-likeness (QED) is 0.193. The summed E-state index contributed by atoms with van der Waals surface area (Å²) in [6.07, 6.45) is 16.2. The van der Waals surface area contributed by atoms with E-state index in [9.17, 15) is 0 Å². The second-order valence-corrected chi connectivity index (χ2v) is 11.1. The lowest BCUT2D eigenvalue weighted by Gasteiger charge is -2.39. The number of hydrogen-bond acceptors (Lipinski definition) is 0. The number of halogens is 2. The van der Waals surface area contributed by atoms with Gasteiger partial charge in [-0.3, -0.25) is 0 Å². The Morgan fingerprint density at radius 2 is 0.778 bits per heavy atom. The monoisotopic (exact) mass is 634 g/mol. The molecule has 1 aromatic rings. The van der Waals surface area contributed by atoms with E-state index in [4.69, 9.17) is 0 Å². The van der Waals surface area contributed by atoms with E-state index < -0.39 is 0 Å². The molecule has 0 radical (unpaired) electrons. The third-order valence-electron chi connectivity index (χ3n) is 7.47. The van der Waals surface area contributed by atoms with E-state index in [0.29, 0.717) is 0 Å². The molecule has 2 nitrogen and oxygen atoms in total. The third kappa shape index (κ3) is 20.1. The topological polar surface area (TPSA) is 0 Å². The number of rotatable bonds is 20. The fraction of sp³-hybridized carbons (Fsp3) is 0.812. The van der Waals surface area contributed by atoms with Crippen LogP contribution >= 0.6 is 0 Å². The van der Waals surface area contributed by atoms with Crippen LogP contribution in [0.1, 0.15) is 124 Å². The first-order valence-electron chi connectivity index (χ1n) is 15.2. The molecule has 0 bridgehead atoms. The van der Waals surface area contributed by atoms with Gasteiger partial charge < -0.3 is 42.9 Å². The molecule has 0 atom stereocenters. The first-order chi connectivity index (χ1) is 16.4. The van der Waals surface area contributed by atoms with Gasteiger partial charge >= 0.3 is 0 Å². The molecule has 0 heterocycles. The van der Waals surface area contributed by atoms with Crippen LogP contribution in [-0.4, -0.2) is 55.3 Å². The van der Waals surface area contributed by atoms with Crippen molar-refractivity contribution in [2.75, 3.05) is 46.3 Å². The van der Waals surface area contributed by atoms with Crippen molar-refractivity contribution >= 4 is 0 Å². The summed E-state index contributed by atoms with van der Waals surface area (Å²) >= 11 is 0. The van der Waals surface area contributed by atoms with Crippen LogP contribution in [0.4, 0.5) is 0 Å². The molecule has 1 aromatic carbocycles. The summed E-state index contributed by atoms with van der Waals surface area (Å²) in [7, 11) is 2.45. The highest BCUT2D eigenvalue weighted by molar-refractivity contribution is 5.13. The lowest BCUT2D eigenvalue weighted by molar-refractivity contribution is -0.941. The predicted octanol–water partition coefficient (Wildman–Crippen LogP) is 3.25. The Bertz CT molecular complexity index is 507. The minimum Gasteiger partial charge on any atom is -1.00 e. The van der Waals surface area contributed by atoms with Crippen molar-refractivity contribution in [3.63, 3.8) is 0 Å². The minimum atomic E-state index is 0. The van der Waals surface area contributed by atoms with Gasteiger partial charge in [0.1, 0.15) is 6.54 Å². The first kappa shape index (κ1) is 40.6. The van der Waals surface area contributed by atoms with Crippen LogP contribution in [0.15, 0.2) is 30.3 Å². The van der Waals surface area contributed by atoms with E-state index >= 15 is 0 Å². The fourth-order valence-corrected chi connectivity index (χ4v) is 4.98. The van der Waals surface area contributed by atoms with Gasteiger partial charge in [0, 0.05) is 5.56 Å². The van der Waals surface area contributed by atoms with Crippen molar-refractivity contribution in [3.8, 4) is 0 Å². The Balaban J connectivity index is -0.000000607. The minimum absolute atomic E-state index is 0. The van der Waals surface area contributed by atoms with E-state index in [1.807, 2.05) is 0 Å². The smallest absolute Gasteiger partial charge is 0.104 e.